The van der Waals surface area contributed by atoms with Gasteiger partial charge >= 0.3 is 6.09 Å². The molecule has 3 amide bonds. The van der Waals surface area contributed by atoms with Crippen LogP contribution < -0.4 is 5.56 Å². The summed E-state index contributed by atoms with van der Waals surface area (Å²) in [4.78, 5) is 54.6. The molecule has 1 aromatic carbocycles. The Bertz CT molecular complexity index is 947. The molecule has 26 heavy (non-hydrogen) atoms. The predicted octanol–water partition coefficient (Wildman–Crippen LogP) is -0.166. The second kappa shape index (κ2) is 6.25. The lowest BCUT2D eigenvalue weighted by atomic mass is 9.99. The number of ether oxygens (including phenoxy) is 1. The number of aromatic nitrogens is 2. The van der Waals surface area contributed by atoms with Crippen LogP contribution in [0.4, 0.5) is 4.79 Å². The van der Waals surface area contributed by atoms with Gasteiger partial charge in [-0.1, -0.05) is 12.1 Å². The van der Waals surface area contributed by atoms with Crippen LogP contribution in [0, 0.1) is 5.92 Å². The van der Waals surface area contributed by atoms with Gasteiger partial charge in [0.1, 0.15) is 6.54 Å². The number of amides is 3. The molecular weight excluding hydrogens is 340 g/mol. The summed E-state index contributed by atoms with van der Waals surface area (Å²) in [6, 6.07) is 6.97. The summed E-state index contributed by atoms with van der Waals surface area (Å²) in [5.74, 6) is -0.524. The molecule has 2 saturated heterocycles. The molecule has 2 aliphatic heterocycles. The molecule has 1 aromatic heterocycles. The average molecular weight is 356 g/mol. The van der Waals surface area contributed by atoms with E-state index >= 15 is 0 Å². The quantitative estimate of drug-likeness (QED) is 0.754. The van der Waals surface area contributed by atoms with Crippen LogP contribution in [0.15, 0.2) is 35.4 Å². The normalized spacial score (nSPS) is 17.5. The van der Waals surface area contributed by atoms with Crippen molar-refractivity contribution in [2.24, 2.45) is 5.92 Å². The molecule has 134 valence electrons. The van der Waals surface area contributed by atoms with E-state index in [2.05, 4.69) is 9.72 Å². The highest BCUT2D eigenvalue weighted by molar-refractivity contribution is 5.97. The molecule has 0 saturated carbocycles. The molecule has 0 spiro atoms. The van der Waals surface area contributed by atoms with Gasteiger partial charge in [0.2, 0.25) is 5.91 Å². The summed E-state index contributed by atoms with van der Waals surface area (Å²) >= 11 is 0. The van der Waals surface area contributed by atoms with E-state index in [0.717, 1.165) is 4.90 Å². The minimum Gasteiger partial charge on any atom is -0.439 e. The maximum absolute atomic E-state index is 12.4. The minimum atomic E-state index is -0.631. The van der Waals surface area contributed by atoms with E-state index in [0.29, 0.717) is 24.0 Å². The fourth-order valence-electron chi connectivity index (χ4n) is 3.17. The van der Waals surface area contributed by atoms with Gasteiger partial charge in [-0.05, 0) is 12.1 Å². The predicted molar refractivity (Wildman–Crippen MR) is 89.1 cm³/mol. The second-order valence-corrected chi connectivity index (χ2v) is 6.42. The lowest BCUT2D eigenvalue weighted by Gasteiger charge is -2.40. The van der Waals surface area contributed by atoms with Crippen LogP contribution in [0.2, 0.25) is 0 Å². The third-order valence-corrected chi connectivity index (χ3v) is 4.63. The fraction of sp³-hybridized carbons (Fsp3) is 0.353. The molecule has 0 aliphatic carbocycles. The van der Waals surface area contributed by atoms with Crippen molar-refractivity contribution < 1.29 is 19.1 Å². The molecule has 0 atom stereocenters. The number of benzene rings is 1. The van der Waals surface area contributed by atoms with E-state index in [9.17, 15) is 19.2 Å². The number of imide groups is 1. The summed E-state index contributed by atoms with van der Waals surface area (Å²) in [6.07, 6.45) is 0.743. The zero-order chi connectivity index (χ0) is 18.3. The van der Waals surface area contributed by atoms with Crippen LogP contribution >= 0.6 is 0 Å². The number of carbonyl (C=O) groups is 3. The van der Waals surface area contributed by atoms with Gasteiger partial charge in [-0.3, -0.25) is 19.0 Å². The van der Waals surface area contributed by atoms with Crippen molar-refractivity contribution in [3.63, 3.8) is 0 Å². The van der Waals surface area contributed by atoms with Crippen molar-refractivity contribution >= 4 is 28.8 Å². The Morgan fingerprint density at radius 2 is 1.96 bits per heavy atom. The molecule has 2 aromatic rings. The van der Waals surface area contributed by atoms with Crippen molar-refractivity contribution in [2.75, 3.05) is 26.2 Å². The van der Waals surface area contributed by atoms with E-state index in [4.69, 9.17) is 0 Å². The molecule has 0 N–H and O–H groups in total. The first-order chi connectivity index (χ1) is 12.5. The first kappa shape index (κ1) is 16.2. The SMILES string of the molecule is O=C(Cn1cnc2ccccc2c1=O)N1CC(CN2C(=O)COC2=O)C1. The van der Waals surface area contributed by atoms with E-state index in [1.54, 1.807) is 29.2 Å². The van der Waals surface area contributed by atoms with E-state index < -0.39 is 6.09 Å². The number of para-hydroxylation sites is 1. The standard InChI is InChI=1S/C17H16N4O5/c22-14(8-20-10-18-13-4-2-1-3-12(13)16(20)24)19-5-11(6-19)7-21-15(23)9-26-17(21)25/h1-4,10-11H,5-9H2. The number of nitrogens with zero attached hydrogens (tertiary/aromatic N) is 4. The lowest BCUT2D eigenvalue weighted by Crippen LogP contribution is -2.55. The highest BCUT2D eigenvalue weighted by Gasteiger charge is 2.38. The minimum absolute atomic E-state index is 0.0278. The average Bonchev–Trinajstić information content (AvgIpc) is 2.91. The number of hydrogen-bond donors (Lipinski definition) is 0. The molecule has 9 nitrogen and oxygen atoms in total. The largest absolute Gasteiger partial charge is 0.439 e. The maximum Gasteiger partial charge on any atom is 0.417 e. The van der Waals surface area contributed by atoms with Gasteiger partial charge < -0.3 is 9.64 Å². The molecule has 9 heteroatoms. The van der Waals surface area contributed by atoms with Crippen LogP contribution in [0.25, 0.3) is 10.9 Å². The smallest absolute Gasteiger partial charge is 0.417 e. The Morgan fingerprint density at radius 1 is 1.19 bits per heavy atom. The van der Waals surface area contributed by atoms with Gasteiger partial charge in [0, 0.05) is 25.6 Å². The number of likely N-dealkylation sites (tertiary alicyclic amines) is 1. The molecule has 4 rings (SSSR count). The monoisotopic (exact) mass is 356 g/mol. The summed E-state index contributed by atoms with van der Waals surface area (Å²) < 4.78 is 5.95. The van der Waals surface area contributed by atoms with Gasteiger partial charge in [0.15, 0.2) is 6.61 Å². The summed E-state index contributed by atoms with van der Waals surface area (Å²) in [7, 11) is 0. The van der Waals surface area contributed by atoms with Gasteiger partial charge in [0.25, 0.3) is 11.5 Å². The second-order valence-electron chi connectivity index (χ2n) is 6.42. The van der Waals surface area contributed by atoms with Crippen molar-refractivity contribution in [3.8, 4) is 0 Å². The first-order valence-electron chi connectivity index (χ1n) is 8.22. The number of rotatable bonds is 4. The zero-order valence-electron chi connectivity index (χ0n) is 13.8. The Labute approximate surface area is 147 Å². The molecule has 2 fully saturated rings. The van der Waals surface area contributed by atoms with Crippen molar-refractivity contribution in [1.82, 2.24) is 19.4 Å². The first-order valence-corrected chi connectivity index (χ1v) is 8.22. The number of fused-ring (bicyclic) bond motifs is 1. The number of hydrogen-bond acceptors (Lipinski definition) is 6. The molecule has 0 radical (unpaired) electrons. The lowest BCUT2D eigenvalue weighted by molar-refractivity contribution is -0.138. The highest BCUT2D eigenvalue weighted by atomic mass is 16.6. The summed E-state index contributed by atoms with van der Waals surface area (Å²) in [5, 5.41) is 0.468. The Hall–Kier alpha value is -3.23. The number of cyclic esters (lactones) is 1. The van der Waals surface area contributed by atoms with Crippen molar-refractivity contribution in [3.05, 3.63) is 40.9 Å². The Morgan fingerprint density at radius 3 is 2.69 bits per heavy atom. The Balaban J connectivity index is 1.37. The van der Waals surface area contributed by atoms with Gasteiger partial charge in [-0.15, -0.1) is 0 Å². The third kappa shape index (κ3) is 2.81. The molecule has 0 unspecified atom stereocenters. The summed E-state index contributed by atoms with van der Waals surface area (Å²) in [5.41, 5.74) is 0.332. The maximum atomic E-state index is 12.4. The van der Waals surface area contributed by atoms with E-state index in [-0.39, 0.29) is 43.0 Å². The van der Waals surface area contributed by atoms with Crippen LogP contribution in [-0.2, 0) is 20.9 Å². The molecule has 3 heterocycles. The van der Waals surface area contributed by atoms with Gasteiger partial charge in [-0.25, -0.2) is 14.7 Å². The third-order valence-electron chi connectivity index (χ3n) is 4.63. The molecule has 2 aliphatic rings. The topological polar surface area (TPSA) is 102 Å². The number of carbonyl (C=O) groups excluding carboxylic acids is 3. The van der Waals surface area contributed by atoms with Gasteiger partial charge in [0.05, 0.1) is 17.2 Å². The summed E-state index contributed by atoms with van der Waals surface area (Å²) in [6.45, 7) is 0.816. The van der Waals surface area contributed by atoms with Crippen molar-refractivity contribution in [2.45, 2.75) is 6.54 Å². The van der Waals surface area contributed by atoms with Crippen LogP contribution in [0.3, 0.4) is 0 Å². The highest BCUT2D eigenvalue weighted by Crippen LogP contribution is 2.19. The zero-order valence-corrected chi connectivity index (χ0v) is 13.8. The fourth-order valence-corrected chi connectivity index (χ4v) is 3.17. The van der Waals surface area contributed by atoms with Crippen LogP contribution in [0.1, 0.15) is 0 Å². The van der Waals surface area contributed by atoms with Crippen LogP contribution in [0.5, 0.6) is 0 Å². The van der Waals surface area contributed by atoms with Gasteiger partial charge in [-0.2, -0.15) is 0 Å². The molecular formula is C17H16N4O5. The Kier molecular flexibility index (Phi) is 3.90. The van der Waals surface area contributed by atoms with E-state index in [1.165, 1.54) is 10.9 Å². The molecule has 0 bridgehead atoms. The van der Waals surface area contributed by atoms with Crippen LogP contribution in [-0.4, -0.2) is 63.5 Å². The van der Waals surface area contributed by atoms with Crippen molar-refractivity contribution in [1.29, 1.82) is 0 Å². The van der Waals surface area contributed by atoms with E-state index in [1.807, 2.05) is 0 Å².